The molecule has 30 heavy (non-hydrogen) atoms. The zero-order valence-corrected chi connectivity index (χ0v) is 19.2. The Morgan fingerprint density at radius 1 is 1.07 bits per heavy atom. The minimum Gasteiger partial charge on any atom is -0.350 e. The normalized spacial score (nSPS) is 12.3. The Morgan fingerprint density at radius 2 is 1.67 bits per heavy atom. The maximum atomic E-state index is 14.2. The Kier molecular flexibility index (Phi) is 8.47. The molecule has 4 nitrogen and oxygen atoms in total. The van der Waals surface area contributed by atoms with Gasteiger partial charge in [-0.25, -0.2) is 4.39 Å². The van der Waals surface area contributed by atoms with Gasteiger partial charge in [-0.1, -0.05) is 42.5 Å². The van der Waals surface area contributed by atoms with Gasteiger partial charge < -0.3 is 10.2 Å². The van der Waals surface area contributed by atoms with Crippen molar-refractivity contribution in [2.45, 2.75) is 58.5 Å². The van der Waals surface area contributed by atoms with Gasteiger partial charge in [0.2, 0.25) is 11.8 Å². The summed E-state index contributed by atoms with van der Waals surface area (Å²) < 4.78 is 14.2. The lowest BCUT2D eigenvalue weighted by Crippen LogP contribution is -2.52. The van der Waals surface area contributed by atoms with E-state index in [2.05, 4.69) is 5.32 Å². The molecule has 6 heteroatoms. The van der Waals surface area contributed by atoms with Crippen LogP contribution in [0.5, 0.6) is 0 Å². The molecule has 0 aliphatic heterocycles. The van der Waals surface area contributed by atoms with E-state index in [1.807, 2.05) is 52.0 Å². The van der Waals surface area contributed by atoms with Crippen molar-refractivity contribution in [2.24, 2.45) is 0 Å². The van der Waals surface area contributed by atoms with Crippen molar-refractivity contribution in [3.05, 3.63) is 71.0 Å². The van der Waals surface area contributed by atoms with Crippen LogP contribution >= 0.6 is 11.8 Å². The van der Waals surface area contributed by atoms with E-state index in [0.717, 1.165) is 0 Å². The SMILES string of the molecule is Cc1ccccc1CSCC(=O)N(Cc1ccccc1F)[C@H](C)C(=O)NC(C)(C)C. The summed E-state index contributed by atoms with van der Waals surface area (Å²) in [5.74, 6) is 0.0977. The zero-order valence-electron chi connectivity index (χ0n) is 18.4. The highest BCUT2D eigenvalue weighted by atomic mass is 32.2. The fourth-order valence-corrected chi connectivity index (χ4v) is 3.96. The largest absolute Gasteiger partial charge is 0.350 e. The number of amides is 2. The van der Waals surface area contributed by atoms with Gasteiger partial charge in [-0.3, -0.25) is 9.59 Å². The first-order chi connectivity index (χ1) is 14.1. The zero-order chi connectivity index (χ0) is 22.3. The number of aryl methyl sites for hydroxylation is 1. The third kappa shape index (κ3) is 7.17. The number of carbonyl (C=O) groups excluding carboxylic acids is 2. The molecule has 0 fully saturated rings. The van der Waals surface area contributed by atoms with Gasteiger partial charge in [0.15, 0.2) is 0 Å². The number of thioether (sulfide) groups is 1. The van der Waals surface area contributed by atoms with E-state index < -0.39 is 11.6 Å². The summed E-state index contributed by atoms with van der Waals surface area (Å²) in [6.07, 6.45) is 0. The summed E-state index contributed by atoms with van der Waals surface area (Å²) in [7, 11) is 0. The van der Waals surface area contributed by atoms with Crippen molar-refractivity contribution < 1.29 is 14.0 Å². The quantitative estimate of drug-likeness (QED) is 0.660. The van der Waals surface area contributed by atoms with Crippen LogP contribution in [0, 0.1) is 12.7 Å². The van der Waals surface area contributed by atoms with Crippen LogP contribution in [0.1, 0.15) is 44.4 Å². The maximum absolute atomic E-state index is 14.2. The van der Waals surface area contributed by atoms with E-state index in [1.165, 1.54) is 33.9 Å². The fourth-order valence-electron chi connectivity index (χ4n) is 2.97. The van der Waals surface area contributed by atoms with Crippen LogP contribution in [0.2, 0.25) is 0 Å². The Labute approximate surface area is 183 Å². The molecule has 0 spiro atoms. The molecular formula is C24H31FN2O2S. The standard InChI is InChI=1S/C24H31FN2O2S/c1-17-10-6-7-12-20(17)15-30-16-22(28)27(14-19-11-8-9-13-21(19)25)18(2)23(29)26-24(3,4)5/h6-13,18H,14-16H2,1-5H3,(H,26,29)/t18-/m1/s1. The second-order valence-electron chi connectivity index (χ2n) is 8.45. The highest BCUT2D eigenvalue weighted by molar-refractivity contribution is 7.99. The summed E-state index contributed by atoms with van der Waals surface area (Å²) in [6.45, 7) is 9.44. The van der Waals surface area contributed by atoms with Gasteiger partial charge >= 0.3 is 0 Å². The van der Waals surface area contributed by atoms with E-state index >= 15 is 0 Å². The monoisotopic (exact) mass is 430 g/mol. The lowest BCUT2D eigenvalue weighted by atomic mass is 10.1. The van der Waals surface area contributed by atoms with Crippen molar-refractivity contribution in [2.75, 3.05) is 5.75 Å². The minimum atomic E-state index is -0.713. The molecular weight excluding hydrogens is 399 g/mol. The molecule has 2 rings (SSSR count). The number of nitrogens with one attached hydrogen (secondary N) is 1. The smallest absolute Gasteiger partial charge is 0.242 e. The van der Waals surface area contributed by atoms with Crippen LogP contribution in [0.4, 0.5) is 4.39 Å². The van der Waals surface area contributed by atoms with Crippen LogP contribution in [0.25, 0.3) is 0 Å². The summed E-state index contributed by atoms with van der Waals surface area (Å²) in [5, 5.41) is 2.91. The third-order valence-corrected chi connectivity index (χ3v) is 5.67. The van der Waals surface area contributed by atoms with E-state index in [-0.39, 0.29) is 29.9 Å². The lowest BCUT2D eigenvalue weighted by Gasteiger charge is -2.31. The van der Waals surface area contributed by atoms with Crippen LogP contribution < -0.4 is 5.32 Å². The summed E-state index contributed by atoms with van der Waals surface area (Å²) in [6, 6.07) is 13.7. The van der Waals surface area contributed by atoms with E-state index in [0.29, 0.717) is 11.3 Å². The Hall–Kier alpha value is -2.34. The number of halogens is 1. The fraction of sp³-hybridized carbons (Fsp3) is 0.417. The molecule has 0 bridgehead atoms. The van der Waals surface area contributed by atoms with Crippen molar-refractivity contribution >= 4 is 23.6 Å². The Bertz CT molecular complexity index is 880. The average molecular weight is 431 g/mol. The third-order valence-electron chi connectivity index (χ3n) is 4.71. The van der Waals surface area contributed by atoms with E-state index in [1.54, 1.807) is 25.1 Å². The number of hydrogen-bond donors (Lipinski definition) is 1. The van der Waals surface area contributed by atoms with Gasteiger partial charge in [-0.2, -0.15) is 0 Å². The molecule has 0 radical (unpaired) electrons. The first-order valence-electron chi connectivity index (χ1n) is 10.1. The van der Waals surface area contributed by atoms with E-state index in [4.69, 9.17) is 0 Å². The maximum Gasteiger partial charge on any atom is 0.242 e. The van der Waals surface area contributed by atoms with Crippen molar-refractivity contribution in [3.8, 4) is 0 Å². The number of hydrogen-bond acceptors (Lipinski definition) is 3. The molecule has 0 unspecified atom stereocenters. The van der Waals surface area contributed by atoms with Crippen molar-refractivity contribution in [3.63, 3.8) is 0 Å². The second kappa shape index (κ2) is 10.6. The molecule has 2 amide bonds. The molecule has 162 valence electrons. The van der Waals surface area contributed by atoms with Crippen LogP contribution in [-0.2, 0) is 21.9 Å². The highest BCUT2D eigenvalue weighted by Crippen LogP contribution is 2.19. The van der Waals surface area contributed by atoms with Gasteiger partial charge in [0, 0.05) is 23.4 Å². The predicted octanol–water partition coefficient (Wildman–Crippen LogP) is 4.70. The topological polar surface area (TPSA) is 49.4 Å². The Morgan fingerprint density at radius 3 is 2.27 bits per heavy atom. The highest BCUT2D eigenvalue weighted by Gasteiger charge is 2.28. The molecule has 1 atom stereocenters. The van der Waals surface area contributed by atoms with Gasteiger partial charge in [0.25, 0.3) is 0 Å². The number of benzene rings is 2. The lowest BCUT2D eigenvalue weighted by molar-refractivity contribution is -0.139. The second-order valence-corrected chi connectivity index (χ2v) is 9.43. The summed E-state index contributed by atoms with van der Waals surface area (Å²) in [4.78, 5) is 27.2. The Balaban J connectivity index is 2.13. The first kappa shape index (κ1) is 23.9. The van der Waals surface area contributed by atoms with Crippen molar-refractivity contribution in [1.29, 1.82) is 0 Å². The molecule has 0 heterocycles. The molecule has 0 aliphatic rings. The molecule has 0 aromatic heterocycles. The number of rotatable bonds is 8. The average Bonchev–Trinajstić information content (AvgIpc) is 2.67. The first-order valence-corrected chi connectivity index (χ1v) is 11.2. The van der Waals surface area contributed by atoms with Crippen LogP contribution in [-0.4, -0.2) is 34.0 Å². The van der Waals surface area contributed by atoms with Gasteiger partial charge in [-0.15, -0.1) is 11.8 Å². The number of carbonyl (C=O) groups is 2. The molecule has 0 saturated carbocycles. The van der Waals surface area contributed by atoms with E-state index in [9.17, 15) is 14.0 Å². The van der Waals surface area contributed by atoms with Gasteiger partial charge in [0.05, 0.1) is 5.75 Å². The number of nitrogens with zero attached hydrogens (tertiary/aromatic N) is 1. The molecule has 2 aromatic carbocycles. The van der Waals surface area contributed by atoms with Crippen LogP contribution in [0.15, 0.2) is 48.5 Å². The summed E-state index contributed by atoms with van der Waals surface area (Å²) in [5.41, 5.74) is 2.33. The van der Waals surface area contributed by atoms with Gasteiger partial charge in [0.1, 0.15) is 11.9 Å². The molecule has 1 N–H and O–H groups in total. The molecule has 2 aromatic rings. The minimum absolute atomic E-state index is 0.0508. The van der Waals surface area contributed by atoms with Gasteiger partial charge in [-0.05, 0) is 51.8 Å². The van der Waals surface area contributed by atoms with Crippen LogP contribution in [0.3, 0.4) is 0 Å². The summed E-state index contributed by atoms with van der Waals surface area (Å²) >= 11 is 1.50. The predicted molar refractivity (Wildman–Crippen MR) is 122 cm³/mol. The molecule has 0 aliphatic carbocycles. The molecule has 0 saturated heterocycles. The van der Waals surface area contributed by atoms with Crippen molar-refractivity contribution in [1.82, 2.24) is 10.2 Å².